The molecule has 1 aliphatic carbocycles. The number of aromatic nitrogens is 3. The first-order valence-electron chi connectivity index (χ1n) is 27.5. The number of rotatable bonds is 11. The minimum absolute atomic E-state index is 0.0435. The molecule has 18 heteroatoms. The highest BCUT2D eigenvalue weighted by atomic mass is 19.1. The van der Waals surface area contributed by atoms with Crippen molar-refractivity contribution in [1.82, 2.24) is 45.2 Å². The number of carbonyl (C=O) groups excluding carboxylic acids is 4. The van der Waals surface area contributed by atoms with E-state index in [1.807, 2.05) is 30.3 Å². The zero-order valence-corrected chi connectivity index (χ0v) is 42.6. The number of likely N-dealkylation sites (tertiary alicyclic amines) is 1. The van der Waals surface area contributed by atoms with Crippen molar-refractivity contribution in [2.75, 3.05) is 88.9 Å². The van der Waals surface area contributed by atoms with Gasteiger partial charge in [-0.2, -0.15) is 9.97 Å². The number of phenols is 1. The predicted molar refractivity (Wildman–Crippen MR) is 281 cm³/mol. The Morgan fingerprint density at radius 1 is 0.733 bits per heavy atom. The van der Waals surface area contributed by atoms with Crippen molar-refractivity contribution >= 4 is 56.8 Å². The summed E-state index contributed by atoms with van der Waals surface area (Å²) in [6.45, 7) is 9.82. The van der Waals surface area contributed by atoms with E-state index in [1.165, 1.54) is 12.8 Å². The molecule has 3 aromatic carbocycles. The standard InChI is InChI=1S/C57H66FN11O6/c1-64-40(31-66-20-18-65(19-21-66)28-33-14-16-67(17-15-33)39-10-11-44-46(25-39)56(74)69(55(44)73)48-12-13-49(71)61-54(48)72)8-9-41(64)32-75-57-62-52-47(53(63-57)68-29-37-22-34-6-7-35(34)23-38(30-68)60-37)27-59-51(50(52)58)45-26-42(70)24-36-4-2-3-5-43(36)45/h2-5,10-11,24-27,33-35,37-38,40-41,48,60,70H,6-9,12-23,28-32H2,1H3,(H,61,71,72)/t34?,35?,37?,38?,40-,41+,48?/m0/s1. The molecular weight excluding hydrogens is 954 g/mol. The molecule has 5 unspecified atom stereocenters. The van der Waals surface area contributed by atoms with E-state index < -0.39 is 29.6 Å². The number of likely N-dealkylation sites (N-methyl/N-ethyl adjacent to an activating group) is 1. The first-order chi connectivity index (χ1) is 36.5. The second-order valence-corrected chi connectivity index (χ2v) is 22.8. The average molecular weight is 1020 g/mol. The van der Waals surface area contributed by atoms with Gasteiger partial charge in [0.15, 0.2) is 5.82 Å². The van der Waals surface area contributed by atoms with Gasteiger partial charge in [-0.1, -0.05) is 24.3 Å². The number of phenolic OH excluding ortho intramolecular Hbond substituents is 1. The SMILES string of the molecule is CN1[C@@H](COc2nc(N3CC4CC5CCC5CC(C3)N4)c3cnc(-c4cc(O)cc5ccccc45)c(F)c3n2)CC[C@H]1CN1CCN(CC2CCN(c3ccc4c(c3)C(=O)N(C3CCC(=O)NC3=O)C4=O)CC2)CC1. The molecule has 5 aromatic rings. The van der Waals surface area contributed by atoms with E-state index in [0.717, 1.165) is 137 Å². The van der Waals surface area contributed by atoms with E-state index >= 15 is 4.39 Å². The molecule has 0 spiro atoms. The number of hydrogen-bond donors (Lipinski definition) is 3. The van der Waals surface area contributed by atoms with E-state index in [4.69, 9.17) is 19.7 Å². The van der Waals surface area contributed by atoms with Crippen LogP contribution in [0.4, 0.5) is 15.9 Å². The largest absolute Gasteiger partial charge is 0.508 e. The van der Waals surface area contributed by atoms with Crippen LogP contribution in [0.2, 0.25) is 0 Å². The van der Waals surface area contributed by atoms with Crippen molar-refractivity contribution in [3.8, 4) is 23.0 Å². The van der Waals surface area contributed by atoms with E-state index in [-0.39, 0.29) is 47.8 Å². The second-order valence-electron chi connectivity index (χ2n) is 22.8. The van der Waals surface area contributed by atoms with Gasteiger partial charge in [0, 0.05) is 113 Å². The number of pyridine rings is 1. The summed E-state index contributed by atoms with van der Waals surface area (Å²) in [4.78, 5) is 78.9. The lowest BCUT2D eigenvalue weighted by atomic mass is 9.69. The Hall–Kier alpha value is -6.34. The monoisotopic (exact) mass is 1020 g/mol. The van der Waals surface area contributed by atoms with Gasteiger partial charge in [-0.3, -0.25) is 44.2 Å². The second kappa shape index (κ2) is 19.7. The minimum Gasteiger partial charge on any atom is -0.508 e. The summed E-state index contributed by atoms with van der Waals surface area (Å²) in [5.41, 5.74) is 2.35. The van der Waals surface area contributed by atoms with Crippen molar-refractivity contribution in [3.63, 3.8) is 0 Å². The lowest BCUT2D eigenvalue weighted by Gasteiger charge is -2.40. The third-order valence-electron chi connectivity index (χ3n) is 18.4. The molecular formula is C57H66FN11O6. The molecule has 2 aromatic heterocycles. The van der Waals surface area contributed by atoms with E-state index in [1.54, 1.807) is 30.5 Å². The lowest BCUT2D eigenvalue weighted by molar-refractivity contribution is -0.136. The number of imide groups is 2. The van der Waals surface area contributed by atoms with Crippen molar-refractivity contribution in [2.24, 2.45) is 17.8 Å². The van der Waals surface area contributed by atoms with Crippen molar-refractivity contribution < 1.29 is 33.4 Å². The zero-order chi connectivity index (χ0) is 51.1. The highest BCUT2D eigenvalue weighted by molar-refractivity contribution is 6.23. The summed E-state index contributed by atoms with van der Waals surface area (Å²) in [6.07, 6.45) is 11.0. The summed E-state index contributed by atoms with van der Waals surface area (Å²) >= 11 is 0. The molecule has 4 amide bonds. The number of nitrogens with zero attached hydrogens (tertiary/aromatic N) is 9. The Balaban J connectivity index is 0.625. The smallest absolute Gasteiger partial charge is 0.319 e. The number of aromatic hydroxyl groups is 1. The molecule has 392 valence electrons. The van der Waals surface area contributed by atoms with Gasteiger partial charge >= 0.3 is 6.01 Å². The zero-order valence-electron chi connectivity index (χ0n) is 42.6. The molecule has 8 aliphatic rings. The van der Waals surface area contributed by atoms with Crippen LogP contribution in [-0.2, 0) is 9.59 Å². The average Bonchev–Trinajstić information content (AvgIpc) is 3.86. The fourth-order valence-electron chi connectivity index (χ4n) is 14.0. The molecule has 7 fully saturated rings. The third-order valence-corrected chi connectivity index (χ3v) is 18.4. The first-order valence-corrected chi connectivity index (χ1v) is 27.5. The van der Waals surface area contributed by atoms with Gasteiger partial charge in [0.25, 0.3) is 11.8 Å². The number of anilines is 2. The summed E-state index contributed by atoms with van der Waals surface area (Å²) in [7, 11) is 2.20. The maximum atomic E-state index is 17.2. The number of halogens is 1. The molecule has 7 atom stereocenters. The molecule has 0 radical (unpaired) electrons. The molecule has 6 saturated heterocycles. The van der Waals surface area contributed by atoms with E-state index in [9.17, 15) is 24.3 Å². The Morgan fingerprint density at radius 2 is 1.45 bits per heavy atom. The van der Waals surface area contributed by atoms with Gasteiger partial charge in [0.1, 0.15) is 35.4 Å². The molecule has 7 aliphatic heterocycles. The van der Waals surface area contributed by atoms with Crippen LogP contribution in [0, 0.1) is 23.6 Å². The van der Waals surface area contributed by atoms with Gasteiger partial charge in [-0.25, -0.2) is 4.39 Å². The number of amides is 4. The highest BCUT2D eigenvalue weighted by Crippen LogP contribution is 2.45. The molecule has 9 heterocycles. The Bertz CT molecular complexity index is 3070. The molecule has 13 rings (SSSR count). The first kappa shape index (κ1) is 48.3. The van der Waals surface area contributed by atoms with Crippen LogP contribution in [0.3, 0.4) is 0 Å². The number of fused-ring (bicyclic) bond motifs is 6. The summed E-state index contributed by atoms with van der Waals surface area (Å²) in [5, 5.41) is 19.0. The molecule has 2 bridgehead atoms. The Labute approximate surface area is 435 Å². The maximum Gasteiger partial charge on any atom is 0.319 e. The number of piperazine rings is 2. The topological polar surface area (TPSA) is 180 Å². The van der Waals surface area contributed by atoms with Gasteiger partial charge < -0.3 is 29.9 Å². The Morgan fingerprint density at radius 3 is 2.20 bits per heavy atom. The van der Waals surface area contributed by atoms with Gasteiger partial charge in [0.05, 0.1) is 16.5 Å². The number of hydrogen-bond acceptors (Lipinski definition) is 15. The van der Waals surface area contributed by atoms with Crippen LogP contribution < -0.4 is 25.2 Å². The number of nitrogens with one attached hydrogen (secondary N) is 2. The van der Waals surface area contributed by atoms with Crippen molar-refractivity contribution in [2.45, 2.75) is 94.4 Å². The highest BCUT2D eigenvalue weighted by Gasteiger charge is 2.46. The van der Waals surface area contributed by atoms with Crippen LogP contribution in [0.1, 0.15) is 84.9 Å². The number of piperidine rings is 2. The fourth-order valence-corrected chi connectivity index (χ4v) is 14.0. The predicted octanol–water partition coefficient (Wildman–Crippen LogP) is 5.43. The summed E-state index contributed by atoms with van der Waals surface area (Å²) in [5.74, 6) is 0.322. The summed E-state index contributed by atoms with van der Waals surface area (Å²) < 4.78 is 23.7. The number of ether oxygens (including phenoxy) is 1. The molecule has 1 saturated carbocycles. The van der Waals surface area contributed by atoms with Crippen LogP contribution in [0.15, 0.2) is 60.8 Å². The van der Waals surface area contributed by atoms with Gasteiger partial charge in [-0.05, 0) is 124 Å². The van der Waals surface area contributed by atoms with Crippen LogP contribution in [-0.4, -0.2) is 173 Å². The van der Waals surface area contributed by atoms with Crippen LogP contribution in [0.5, 0.6) is 11.8 Å². The molecule has 17 nitrogen and oxygen atoms in total. The van der Waals surface area contributed by atoms with Crippen molar-refractivity contribution in [3.05, 3.63) is 77.7 Å². The Kier molecular flexibility index (Phi) is 12.7. The number of benzene rings is 3. The van der Waals surface area contributed by atoms with E-state index in [0.29, 0.717) is 58.5 Å². The quantitative estimate of drug-likeness (QED) is 0.143. The maximum absolute atomic E-state index is 17.2. The molecule has 3 N–H and O–H groups in total. The lowest BCUT2D eigenvalue weighted by Crippen LogP contribution is -2.56. The van der Waals surface area contributed by atoms with Crippen LogP contribution in [0.25, 0.3) is 32.9 Å². The number of carbonyl (C=O) groups is 4. The normalized spacial score (nSPS) is 27.9. The third kappa shape index (κ3) is 9.14. The van der Waals surface area contributed by atoms with Crippen LogP contribution >= 0.6 is 0 Å². The van der Waals surface area contributed by atoms with E-state index in [2.05, 4.69) is 42.2 Å². The van der Waals surface area contributed by atoms with Gasteiger partial charge in [0.2, 0.25) is 11.8 Å². The van der Waals surface area contributed by atoms with Crippen molar-refractivity contribution in [1.29, 1.82) is 0 Å². The summed E-state index contributed by atoms with van der Waals surface area (Å²) in [6, 6.07) is 16.7. The minimum atomic E-state index is -0.973. The molecule has 75 heavy (non-hydrogen) atoms. The van der Waals surface area contributed by atoms with Gasteiger partial charge in [-0.15, -0.1) is 0 Å². The fraction of sp³-hybridized carbons (Fsp3) is 0.526.